The van der Waals surface area contributed by atoms with Gasteiger partial charge in [0.2, 0.25) is 11.9 Å². The SMILES string of the molecule is Fc1cc(F)nnn1. The Labute approximate surface area is 43.4 Å². The number of hydrogen-bond acceptors (Lipinski definition) is 3. The van der Waals surface area contributed by atoms with Crippen molar-refractivity contribution in [1.82, 2.24) is 15.4 Å². The summed E-state index contributed by atoms with van der Waals surface area (Å²) in [4.78, 5) is 0. The lowest BCUT2D eigenvalue weighted by molar-refractivity contribution is 0.485. The maximum Gasteiger partial charge on any atom is 0.239 e. The van der Waals surface area contributed by atoms with Crippen molar-refractivity contribution in [3.63, 3.8) is 0 Å². The fraction of sp³-hybridized carbons (Fsp3) is 0. The van der Waals surface area contributed by atoms with Gasteiger partial charge in [0.1, 0.15) is 0 Å². The van der Waals surface area contributed by atoms with Crippen LogP contribution in [0.3, 0.4) is 0 Å². The molecule has 1 aromatic heterocycles. The smallest absolute Gasteiger partial charge is 0.183 e. The van der Waals surface area contributed by atoms with Gasteiger partial charge in [0.25, 0.3) is 0 Å². The summed E-state index contributed by atoms with van der Waals surface area (Å²) in [6.07, 6.45) is 0. The molecule has 3 nitrogen and oxygen atoms in total. The first-order chi connectivity index (χ1) is 3.79. The first kappa shape index (κ1) is 5.02. The minimum absolute atomic E-state index is 0.549. The average molecular weight is 117 g/mol. The first-order valence-corrected chi connectivity index (χ1v) is 1.80. The van der Waals surface area contributed by atoms with E-state index in [9.17, 15) is 8.78 Å². The van der Waals surface area contributed by atoms with Crippen LogP contribution in [0.1, 0.15) is 0 Å². The molecule has 42 valence electrons. The van der Waals surface area contributed by atoms with Crippen molar-refractivity contribution in [1.29, 1.82) is 0 Å². The lowest BCUT2D eigenvalue weighted by Gasteiger charge is -1.80. The molecule has 1 rings (SSSR count). The molecule has 1 heterocycles. The fourth-order valence-electron chi connectivity index (χ4n) is 0.264. The Hall–Kier alpha value is -1.13. The summed E-state index contributed by atoms with van der Waals surface area (Å²) >= 11 is 0. The molecule has 0 aliphatic carbocycles. The van der Waals surface area contributed by atoms with Crippen LogP contribution in [-0.2, 0) is 0 Å². The van der Waals surface area contributed by atoms with Gasteiger partial charge < -0.3 is 0 Å². The van der Waals surface area contributed by atoms with Gasteiger partial charge in [-0.1, -0.05) is 10.2 Å². The van der Waals surface area contributed by atoms with Gasteiger partial charge in [-0.05, 0) is 5.21 Å². The normalized spacial score (nSPS) is 9.25. The van der Waals surface area contributed by atoms with Gasteiger partial charge in [-0.15, -0.1) is 0 Å². The molecule has 0 aliphatic heterocycles. The van der Waals surface area contributed by atoms with Gasteiger partial charge >= 0.3 is 0 Å². The molecule has 0 aliphatic rings. The van der Waals surface area contributed by atoms with Crippen LogP contribution in [-0.4, -0.2) is 15.4 Å². The molecule has 1 aromatic rings. The lowest BCUT2D eigenvalue weighted by atomic mass is 10.7. The predicted octanol–water partition coefficient (Wildman–Crippen LogP) is 0.150. The van der Waals surface area contributed by atoms with Gasteiger partial charge in [-0.2, -0.15) is 8.78 Å². The molecule has 5 heteroatoms. The van der Waals surface area contributed by atoms with Gasteiger partial charge in [0, 0.05) is 0 Å². The molecule has 8 heavy (non-hydrogen) atoms. The average Bonchev–Trinajstić information content (AvgIpc) is 1.64. The van der Waals surface area contributed by atoms with E-state index in [0.29, 0.717) is 6.07 Å². The van der Waals surface area contributed by atoms with E-state index in [1.165, 1.54) is 0 Å². The number of halogens is 2. The van der Waals surface area contributed by atoms with Crippen LogP contribution >= 0.6 is 0 Å². The Morgan fingerprint density at radius 1 is 1.12 bits per heavy atom. The summed E-state index contributed by atoms with van der Waals surface area (Å²) in [5.41, 5.74) is 0. The third-order valence-electron chi connectivity index (χ3n) is 0.519. The molecule has 0 spiro atoms. The quantitative estimate of drug-likeness (QED) is 0.485. The van der Waals surface area contributed by atoms with Crippen LogP contribution < -0.4 is 0 Å². The molecule has 0 atom stereocenters. The monoisotopic (exact) mass is 117 g/mol. The van der Waals surface area contributed by atoms with E-state index in [0.717, 1.165) is 0 Å². The highest BCUT2D eigenvalue weighted by molar-refractivity contribution is 4.79. The van der Waals surface area contributed by atoms with Crippen LogP contribution in [0.2, 0.25) is 0 Å². The number of hydrogen-bond donors (Lipinski definition) is 0. The van der Waals surface area contributed by atoms with Crippen LogP contribution in [0, 0.1) is 11.9 Å². The molecule has 0 fully saturated rings. The highest BCUT2D eigenvalue weighted by Gasteiger charge is 1.93. The second-order valence-electron chi connectivity index (χ2n) is 1.08. The van der Waals surface area contributed by atoms with Crippen molar-refractivity contribution in [3.8, 4) is 0 Å². The van der Waals surface area contributed by atoms with Gasteiger partial charge in [-0.3, -0.25) is 0 Å². The van der Waals surface area contributed by atoms with Gasteiger partial charge in [-0.25, -0.2) is 0 Å². The van der Waals surface area contributed by atoms with Crippen molar-refractivity contribution in [2.75, 3.05) is 0 Å². The molecular weight excluding hydrogens is 116 g/mol. The number of aromatic nitrogens is 3. The summed E-state index contributed by atoms with van der Waals surface area (Å²) in [6.45, 7) is 0. The van der Waals surface area contributed by atoms with E-state index in [2.05, 4.69) is 15.4 Å². The molecule has 0 saturated heterocycles. The van der Waals surface area contributed by atoms with Crippen LogP contribution in [0.15, 0.2) is 6.07 Å². The van der Waals surface area contributed by atoms with Crippen molar-refractivity contribution >= 4 is 0 Å². The zero-order chi connectivity index (χ0) is 5.98. The van der Waals surface area contributed by atoms with E-state index in [4.69, 9.17) is 0 Å². The van der Waals surface area contributed by atoms with E-state index >= 15 is 0 Å². The second-order valence-corrected chi connectivity index (χ2v) is 1.08. The molecule has 0 aromatic carbocycles. The summed E-state index contributed by atoms with van der Waals surface area (Å²) in [5.74, 6) is -1.92. The first-order valence-electron chi connectivity index (χ1n) is 1.80. The Balaban J connectivity index is 3.08. The van der Waals surface area contributed by atoms with Crippen molar-refractivity contribution < 1.29 is 8.78 Å². The largest absolute Gasteiger partial charge is 0.239 e. The fourth-order valence-corrected chi connectivity index (χ4v) is 0.264. The summed E-state index contributed by atoms with van der Waals surface area (Å²) in [5, 5.41) is 8.28. The van der Waals surface area contributed by atoms with E-state index in [1.54, 1.807) is 0 Å². The number of rotatable bonds is 0. The third kappa shape index (κ3) is 0.927. The Morgan fingerprint density at radius 2 is 1.62 bits per heavy atom. The minimum atomic E-state index is -0.961. The molecule has 0 saturated carbocycles. The standard InChI is InChI=1S/C3HF2N3/c4-2-1-3(5)7-8-6-2/h1H. The molecule has 0 radical (unpaired) electrons. The van der Waals surface area contributed by atoms with E-state index in [-0.39, 0.29) is 0 Å². The highest BCUT2D eigenvalue weighted by Crippen LogP contribution is 1.88. The maximum absolute atomic E-state index is 11.7. The van der Waals surface area contributed by atoms with Gasteiger partial charge in [0.05, 0.1) is 6.07 Å². The van der Waals surface area contributed by atoms with Crippen LogP contribution in [0.25, 0.3) is 0 Å². The zero-order valence-corrected chi connectivity index (χ0v) is 3.67. The summed E-state index contributed by atoms with van der Waals surface area (Å²) in [7, 11) is 0. The van der Waals surface area contributed by atoms with E-state index < -0.39 is 11.9 Å². The number of nitrogens with zero attached hydrogens (tertiary/aromatic N) is 3. The van der Waals surface area contributed by atoms with Crippen LogP contribution in [0.5, 0.6) is 0 Å². The van der Waals surface area contributed by atoms with Crippen molar-refractivity contribution in [3.05, 3.63) is 18.0 Å². The predicted molar refractivity (Wildman–Crippen MR) is 19.7 cm³/mol. The molecule has 0 N–H and O–H groups in total. The molecular formula is C3HF2N3. The summed E-state index contributed by atoms with van der Waals surface area (Å²) < 4.78 is 23.4. The van der Waals surface area contributed by atoms with E-state index in [1.807, 2.05) is 0 Å². The third-order valence-corrected chi connectivity index (χ3v) is 0.519. The summed E-state index contributed by atoms with van der Waals surface area (Å²) in [6, 6.07) is 0.549. The van der Waals surface area contributed by atoms with Crippen LogP contribution in [0.4, 0.5) is 8.78 Å². The maximum atomic E-state index is 11.7. The Kier molecular flexibility index (Phi) is 1.11. The zero-order valence-electron chi connectivity index (χ0n) is 3.67. The minimum Gasteiger partial charge on any atom is -0.183 e. The lowest BCUT2D eigenvalue weighted by Crippen LogP contribution is -1.93. The molecule has 0 amide bonds. The second kappa shape index (κ2) is 1.77. The Morgan fingerprint density at radius 3 is 1.88 bits per heavy atom. The molecule has 0 bridgehead atoms. The van der Waals surface area contributed by atoms with Gasteiger partial charge in [0.15, 0.2) is 0 Å². The molecule has 0 unspecified atom stereocenters. The topological polar surface area (TPSA) is 38.7 Å². The highest BCUT2D eigenvalue weighted by atomic mass is 19.1. The van der Waals surface area contributed by atoms with Crippen molar-refractivity contribution in [2.45, 2.75) is 0 Å². The van der Waals surface area contributed by atoms with Crippen molar-refractivity contribution in [2.24, 2.45) is 0 Å². The Bertz CT molecular complexity index is 172.